The molecular formula is C12H13N3O3. The number of hydrogen-bond donors (Lipinski definition) is 2. The number of carbonyl (C=O) groups is 2. The third-order valence-corrected chi connectivity index (χ3v) is 1.94. The molecule has 0 saturated heterocycles. The van der Waals surface area contributed by atoms with Gasteiger partial charge in [-0.05, 0) is 25.1 Å². The van der Waals surface area contributed by atoms with Gasteiger partial charge in [0.15, 0.2) is 0 Å². The van der Waals surface area contributed by atoms with E-state index < -0.39 is 12.0 Å². The number of rotatable bonds is 4. The van der Waals surface area contributed by atoms with Gasteiger partial charge >= 0.3 is 6.09 Å². The number of amides is 2. The lowest BCUT2D eigenvalue weighted by molar-refractivity contribution is -0.115. The number of nitrogens with one attached hydrogen (secondary N) is 2. The molecule has 2 N–H and O–H groups in total. The summed E-state index contributed by atoms with van der Waals surface area (Å²) in [5, 5.41) is 13.5. The molecule has 0 aromatic heterocycles. The quantitative estimate of drug-likeness (QED) is 0.837. The Labute approximate surface area is 105 Å². The van der Waals surface area contributed by atoms with Gasteiger partial charge in [-0.3, -0.25) is 4.79 Å². The van der Waals surface area contributed by atoms with E-state index in [1.807, 2.05) is 6.07 Å². The molecule has 0 atom stereocenters. The molecule has 1 aromatic carbocycles. The molecule has 0 heterocycles. The van der Waals surface area contributed by atoms with Crippen molar-refractivity contribution in [2.24, 2.45) is 0 Å². The van der Waals surface area contributed by atoms with E-state index in [4.69, 9.17) is 5.26 Å². The molecular weight excluding hydrogens is 234 g/mol. The number of nitriles is 1. The zero-order valence-corrected chi connectivity index (χ0v) is 9.90. The predicted molar refractivity (Wildman–Crippen MR) is 64.8 cm³/mol. The highest BCUT2D eigenvalue weighted by molar-refractivity contribution is 5.93. The molecule has 6 nitrogen and oxygen atoms in total. The first kappa shape index (κ1) is 13.5. The number of ether oxygens (including phenoxy) is 1. The fourth-order valence-corrected chi connectivity index (χ4v) is 1.21. The third-order valence-electron chi connectivity index (χ3n) is 1.94. The standard InChI is InChI=1S/C12H13N3O3/c1-2-18-12(17)14-8-11(16)15-10-5-3-4-9(6-10)7-13/h3-6H,2,8H2,1H3,(H,14,17)(H,15,16). The van der Waals surface area contributed by atoms with E-state index in [0.29, 0.717) is 11.3 Å². The maximum atomic E-state index is 11.5. The highest BCUT2D eigenvalue weighted by Gasteiger charge is 2.06. The molecule has 0 saturated carbocycles. The van der Waals surface area contributed by atoms with Crippen molar-refractivity contribution in [2.75, 3.05) is 18.5 Å². The van der Waals surface area contributed by atoms with E-state index in [-0.39, 0.29) is 13.2 Å². The van der Waals surface area contributed by atoms with Crippen LogP contribution in [-0.4, -0.2) is 25.2 Å². The Morgan fingerprint density at radius 3 is 2.89 bits per heavy atom. The van der Waals surface area contributed by atoms with Crippen LogP contribution in [0.4, 0.5) is 10.5 Å². The van der Waals surface area contributed by atoms with Crippen LogP contribution in [0.1, 0.15) is 12.5 Å². The minimum atomic E-state index is -0.640. The van der Waals surface area contributed by atoms with Crippen LogP contribution in [0.25, 0.3) is 0 Å². The summed E-state index contributed by atoms with van der Waals surface area (Å²) in [6, 6.07) is 8.46. The maximum Gasteiger partial charge on any atom is 0.407 e. The highest BCUT2D eigenvalue weighted by atomic mass is 16.5. The van der Waals surface area contributed by atoms with Crippen molar-refractivity contribution in [2.45, 2.75) is 6.92 Å². The van der Waals surface area contributed by atoms with Crippen LogP contribution >= 0.6 is 0 Å². The van der Waals surface area contributed by atoms with E-state index in [1.54, 1.807) is 31.2 Å². The summed E-state index contributed by atoms with van der Waals surface area (Å²) in [5.74, 6) is -0.391. The molecule has 1 rings (SSSR count). The fourth-order valence-electron chi connectivity index (χ4n) is 1.21. The monoisotopic (exact) mass is 247 g/mol. The predicted octanol–water partition coefficient (Wildman–Crippen LogP) is 1.24. The topological polar surface area (TPSA) is 91.2 Å². The lowest BCUT2D eigenvalue weighted by Gasteiger charge is -2.06. The summed E-state index contributed by atoms with van der Waals surface area (Å²) < 4.78 is 4.61. The summed E-state index contributed by atoms with van der Waals surface area (Å²) in [7, 11) is 0. The van der Waals surface area contributed by atoms with Gasteiger partial charge < -0.3 is 15.4 Å². The lowest BCUT2D eigenvalue weighted by atomic mass is 10.2. The molecule has 6 heteroatoms. The molecule has 0 aliphatic heterocycles. The molecule has 18 heavy (non-hydrogen) atoms. The average molecular weight is 247 g/mol. The van der Waals surface area contributed by atoms with Gasteiger partial charge in [0.2, 0.25) is 5.91 Å². The van der Waals surface area contributed by atoms with Gasteiger partial charge in [-0.2, -0.15) is 5.26 Å². The summed E-state index contributed by atoms with van der Waals surface area (Å²) in [5.41, 5.74) is 0.955. The van der Waals surface area contributed by atoms with E-state index in [9.17, 15) is 9.59 Å². The lowest BCUT2D eigenvalue weighted by Crippen LogP contribution is -2.33. The van der Waals surface area contributed by atoms with Gasteiger partial charge in [0.05, 0.1) is 18.2 Å². The maximum absolute atomic E-state index is 11.5. The largest absolute Gasteiger partial charge is 0.450 e. The Balaban J connectivity index is 2.45. The van der Waals surface area contributed by atoms with Crippen molar-refractivity contribution in [3.8, 4) is 6.07 Å². The summed E-state index contributed by atoms with van der Waals surface area (Å²) in [4.78, 5) is 22.4. The average Bonchev–Trinajstić information content (AvgIpc) is 2.37. The molecule has 94 valence electrons. The number of anilines is 1. The SMILES string of the molecule is CCOC(=O)NCC(=O)Nc1cccc(C#N)c1. The van der Waals surface area contributed by atoms with Gasteiger partial charge in [-0.25, -0.2) is 4.79 Å². The minimum absolute atomic E-state index is 0.185. The van der Waals surface area contributed by atoms with Crippen LogP contribution in [-0.2, 0) is 9.53 Å². The van der Waals surface area contributed by atoms with Crippen molar-refractivity contribution in [3.05, 3.63) is 29.8 Å². The molecule has 0 unspecified atom stereocenters. The molecule has 0 fully saturated rings. The molecule has 0 radical (unpaired) electrons. The van der Waals surface area contributed by atoms with Crippen LogP contribution in [0.2, 0.25) is 0 Å². The number of benzene rings is 1. The molecule has 0 bridgehead atoms. The second-order valence-electron chi connectivity index (χ2n) is 3.31. The first-order valence-corrected chi connectivity index (χ1v) is 5.36. The molecule has 0 spiro atoms. The Kier molecular flexibility index (Phi) is 5.19. The van der Waals surface area contributed by atoms with Crippen LogP contribution in [0.5, 0.6) is 0 Å². The van der Waals surface area contributed by atoms with E-state index in [0.717, 1.165) is 0 Å². The first-order chi connectivity index (χ1) is 8.65. The smallest absolute Gasteiger partial charge is 0.407 e. The zero-order valence-electron chi connectivity index (χ0n) is 9.90. The van der Waals surface area contributed by atoms with Crippen LogP contribution < -0.4 is 10.6 Å². The Morgan fingerprint density at radius 1 is 1.44 bits per heavy atom. The number of hydrogen-bond acceptors (Lipinski definition) is 4. The summed E-state index contributed by atoms with van der Waals surface area (Å²) in [6.07, 6.45) is -0.640. The van der Waals surface area contributed by atoms with Crippen molar-refractivity contribution >= 4 is 17.7 Å². The number of carbonyl (C=O) groups excluding carboxylic acids is 2. The molecule has 0 aliphatic rings. The first-order valence-electron chi connectivity index (χ1n) is 5.36. The third kappa shape index (κ3) is 4.53. The van der Waals surface area contributed by atoms with Gasteiger partial charge in [-0.15, -0.1) is 0 Å². The van der Waals surface area contributed by atoms with E-state index in [2.05, 4.69) is 15.4 Å². The van der Waals surface area contributed by atoms with E-state index in [1.165, 1.54) is 0 Å². The van der Waals surface area contributed by atoms with Crippen molar-refractivity contribution in [3.63, 3.8) is 0 Å². The zero-order chi connectivity index (χ0) is 13.4. The van der Waals surface area contributed by atoms with Crippen molar-refractivity contribution in [1.29, 1.82) is 5.26 Å². The molecule has 2 amide bonds. The summed E-state index contributed by atoms with van der Waals surface area (Å²) >= 11 is 0. The Bertz CT molecular complexity index is 480. The van der Waals surface area contributed by atoms with Crippen molar-refractivity contribution < 1.29 is 14.3 Å². The van der Waals surface area contributed by atoms with Crippen LogP contribution in [0.15, 0.2) is 24.3 Å². The Hall–Kier alpha value is -2.55. The van der Waals surface area contributed by atoms with Gasteiger partial charge in [0.25, 0.3) is 0 Å². The Morgan fingerprint density at radius 2 is 2.22 bits per heavy atom. The summed E-state index contributed by atoms with van der Waals surface area (Å²) in [6.45, 7) is 1.74. The second kappa shape index (κ2) is 6.91. The fraction of sp³-hybridized carbons (Fsp3) is 0.250. The van der Waals surface area contributed by atoms with E-state index >= 15 is 0 Å². The van der Waals surface area contributed by atoms with Gasteiger partial charge in [0, 0.05) is 5.69 Å². The van der Waals surface area contributed by atoms with Gasteiger partial charge in [0.1, 0.15) is 6.54 Å². The normalized spacial score (nSPS) is 9.11. The highest BCUT2D eigenvalue weighted by Crippen LogP contribution is 2.09. The van der Waals surface area contributed by atoms with Gasteiger partial charge in [-0.1, -0.05) is 6.07 Å². The number of nitrogens with zero attached hydrogens (tertiary/aromatic N) is 1. The number of alkyl carbamates (subject to hydrolysis) is 1. The second-order valence-corrected chi connectivity index (χ2v) is 3.31. The van der Waals surface area contributed by atoms with Crippen LogP contribution in [0.3, 0.4) is 0 Å². The minimum Gasteiger partial charge on any atom is -0.450 e. The van der Waals surface area contributed by atoms with Crippen molar-refractivity contribution in [1.82, 2.24) is 5.32 Å². The molecule has 0 aliphatic carbocycles. The van der Waals surface area contributed by atoms with Crippen LogP contribution in [0, 0.1) is 11.3 Å². The molecule has 1 aromatic rings.